The first kappa shape index (κ1) is 141. The first-order chi connectivity index (χ1) is 68.4. The summed E-state index contributed by atoms with van der Waals surface area (Å²) in [6, 6.07) is 133. The van der Waals surface area contributed by atoms with Crippen LogP contribution in [0, 0.1) is 142 Å². The molecule has 0 bridgehead atoms. The molecule has 0 aliphatic carbocycles. The molecule has 0 aliphatic heterocycles. The predicted octanol–water partition coefficient (Wildman–Crippen LogP) is 22.3. The van der Waals surface area contributed by atoms with Crippen LogP contribution in [0.25, 0.3) is 79.1 Å². The Morgan fingerprint density at radius 2 is 0.384 bits per heavy atom. The van der Waals surface area contributed by atoms with Gasteiger partial charge in [-0.25, -0.2) is 0 Å². The van der Waals surface area contributed by atoms with Crippen molar-refractivity contribution in [3.05, 3.63) is 596 Å². The van der Waals surface area contributed by atoms with Crippen molar-refractivity contribution >= 4 is 23.2 Å². The monoisotopic (exact) mass is 2740 g/mol. The van der Waals surface area contributed by atoms with E-state index in [-0.39, 0.29) is 179 Å². The minimum Gasteiger partial charge on any atom is -1.00 e. The number of alkyl halides is 2. The Bertz CT molecular complexity index is 5360. The minimum atomic E-state index is -0.649. The molecule has 0 N–H and O–H groups in total. The van der Waals surface area contributed by atoms with Gasteiger partial charge in [0.25, 0.3) is 0 Å². The van der Waals surface area contributed by atoms with Crippen LogP contribution in [0.15, 0.2) is 475 Å². The Hall–Kier alpha value is -13.9. The van der Waals surface area contributed by atoms with Crippen molar-refractivity contribution in [3.63, 3.8) is 0 Å². The maximum Gasteiger partial charge on any atom is 3.00 e. The molecule has 0 atom stereocenters. The van der Waals surface area contributed by atoms with Gasteiger partial charge in [-0.15, -0.1) is 108 Å². The van der Waals surface area contributed by atoms with Crippen LogP contribution in [0.5, 0.6) is 0 Å². The SMILES string of the molecule is C.ClCCl.Fc1c[c-]c(-c2ccccn2)c(F)c1.Fc1c[c-]c(-c2ccccn2)c(F)c1.Fc1c[c-]c(-c2ccccn2)c(F)c1.Fc1c[c-]c(-c2ccccn2)c(F)c1.[C-]#N.[C-]#N.[C-]#N.[C-]#N.[Cl-].[Ir+3].[Ir+3].[Ir+3].[Ir+3].[K+].[c-]1ccccc1.[c-]1ccccc1.[c-]1ccccc1.[c-]1ccccc1-c1ccccn1.c1ccc(-c2ccccn2)nc1.c1ccc(-c2ccccn2)nc1.c1ccncc1.c1ccncc1.c1ccncc1. The first-order valence-electron chi connectivity index (χ1n) is 40.4. The van der Waals surface area contributed by atoms with E-state index in [0.29, 0.717) is 22.8 Å². The summed E-state index contributed by atoms with van der Waals surface area (Å²) in [6.07, 6.45) is 25.5. The van der Waals surface area contributed by atoms with Crippen LogP contribution in [-0.2, 0) is 80.4 Å². The molecular formula is C114H84Cl3F8Ir4KN16. The Balaban J connectivity index is -0.000000491. The van der Waals surface area contributed by atoms with E-state index in [1.165, 1.54) is 0 Å². The zero-order valence-corrected chi connectivity index (χ0v) is 91.4. The second kappa shape index (κ2) is 97.2. The summed E-state index contributed by atoms with van der Waals surface area (Å²) in [4.78, 5) is 48.1. The van der Waals surface area contributed by atoms with Gasteiger partial charge in [0.1, 0.15) is 0 Å². The van der Waals surface area contributed by atoms with Crippen LogP contribution >= 0.6 is 23.2 Å². The number of aromatic nitrogens is 12. The maximum atomic E-state index is 13.2. The van der Waals surface area contributed by atoms with Crippen LogP contribution in [0.2, 0.25) is 0 Å². The summed E-state index contributed by atoms with van der Waals surface area (Å²) in [5, 5.41) is 25.2. The van der Waals surface area contributed by atoms with E-state index < -0.39 is 46.5 Å². The van der Waals surface area contributed by atoms with Crippen molar-refractivity contribution in [1.29, 1.82) is 21.0 Å². The molecule has 32 heteroatoms. The van der Waals surface area contributed by atoms with E-state index in [0.717, 1.165) is 82.6 Å². The van der Waals surface area contributed by atoms with E-state index in [9.17, 15) is 35.1 Å². The summed E-state index contributed by atoms with van der Waals surface area (Å²) in [5.41, 5.74) is 8.21. The average Bonchev–Trinajstić information content (AvgIpc) is 0.850. The summed E-state index contributed by atoms with van der Waals surface area (Å²) in [5.74, 6) is -5.14. The van der Waals surface area contributed by atoms with Crippen molar-refractivity contribution in [1.82, 2.24) is 59.8 Å². The predicted molar refractivity (Wildman–Crippen MR) is 529 cm³/mol. The van der Waals surface area contributed by atoms with E-state index >= 15 is 0 Å². The molecule has 0 fully saturated rings. The Kier molecular flexibility index (Phi) is 93.5. The number of hydrogen-bond donors (Lipinski definition) is 0. The quantitative estimate of drug-likeness (QED) is 0.0622. The molecule has 0 unspecified atom stereocenters. The van der Waals surface area contributed by atoms with Gasteiger partial charge in [0.05, 0.1) is 28.1 Å². The molecule has 146 heavy (non-hydrogen) atoms. The Morgan fingerprint density at radius 3 is 0.514 bits per heavy atom. The Labute approximate surface area is 961 Å². The van der Waals surface area contributed by atoms with Gasteiger partial charge in [-0.05, 0) is 144 Å². The van der Waals surface area contributed by atoms with Crippen LogP contribution in [0.1, 0.15) is 7.43 Å². The molecule has 16 nitrogen and oxygen atoms in total. The maximum absolute atomic E-state index is 13.2. The Morgan fingerprint density at radius 1 is 0.219 bits per heavy atom. The third kappa shape index (κ3) is 65.4. The zero-order chi connectivity index (χ0) is 101. The van der Waals surface area contributed by atoms with Crippen molar-refractivity contribution in [3.8, 4) is 79.1 Å². The summed E-state index contributed by atoms with van der Waals surface area (Å²) < 4.78 is 103. The fourth-order valence-electron chi connectivity index (χ4n) is 9.70. The summed E-state index contributed by atoms with van der Waals surface area (Å²) in [7, 11) is 0. The average molecular weight is 2740 g/mol. The smallest absolute Gasteiger partial charge is 1.00 e. The van der Waals surface area contributed by atoms with Crippen LogP contribution < -0.4 is 63.8 Å². The van der Waals surface area contributed by atoms with E-state index in [1.807, 2.05) is 261 Å². The molecule has 0 saturated carbocycles. The van der Waals surface area contributed by atoms with Gasteiger partial charge in [0, 0.05) is 139 Å². The molecule has 734 valence electrons. The standard InChI is InChI=1S/4C11H6F2N.C11H8N.2C10H8N2.3C6H5.3C5H5N.CH2Cl2.4CN.CH4.ClH.4Ir.K/c4*12-8-4-5-9(10(13)7-8)11-3-1-2-6-14-11;1-2-6-10(7-3-1)11-8-4-5-9-12-11;2*1-3-7-11-9(5-1)10-6-2-4-8-12-10;6*1-2-4-6-5-3-1;2-1-3;4*1-2;;;;;;;/h4*1-4,6-7H;1-6,8-9H;2*1-8H;6*1-5H;1H2;;;;;1H4;1H;;;;;/q5*-1;;;3*-1;;;;;4*-1;;;4*+3;+1/p-1. The molecule has 0 spiro atoms. The molecule has 0 saturated heterocycles. The van der Waals surface area contributed by atoms with Crippen molar-refractivity contribution in [2.45, 2.75) is 7.43 Å². The molecule has 12 heterocycles. The minimum absolute atomic E-state index is 0. The second-order valence-corrected chi connectivity index (χ2v) is 25.6. The van der Waals surface area contributed by atoms with Crippen LogP contribution in [0.3, 0.4) is 0 Å². The fourth-order valence-corrected chi connectivity index (χ4v) is 9.70. The van der Waals surface area contributed by atoms with Crippen LogP contribution in [-0.4, -0.2) is 65.1 Å². The third-order valence-corrected chi connectivity index (χ3v) is 15.5. The number of halogens is 11. The van der Waals surface area contributed by atoms with Gasteiger partial charge in [0.15, 0.2) is 0 Å². The molecular weight excluding hydrogens is 2660 g/mol. The van der Waals surface area contributed by atoms with E-state index in [1.54, 1.807) is 166 Å². The van der Waals surface area contributed by atoms with E-state index in [4.69, 9.17) is 70.5 Å². The molecule has 20 aromatic rings. The fraction of sp³-hybridized carbons (Fsp3) is 0.0175. The molecule has 12 aromatic heterocycles. The third-order valence-electron chi connectivity index (χ3n) is 15.5. The topological polar surface area (TPSA) is 250 Å². The van der Waals surface area contributed by atoms with Gasteiger partial charge in [-0.1, -0.05) is 157 Å². The second-order valence-electron chi connectivity index (χ2n) is 24.8. The number of rotatable bonds is 7. The molecule has 20 rings (SSSR count). The first-order valence-corrected chi connectivity index (χ1v) is 41.4. The number of hydrogen-bond acceptors (Lipinski definition) is 16. The molecule has 8 aromatic carbocycles. The van der Waals surface area contributed by atoms with E-state index in [2.05, 4.69) is 108 Å². The number of nitrogens with zero attached hydrogens (tertiary/aromatic N) is 16. The van der Waals surface area contributed by atoms with Gasteiger partial charge < -0.3 is 84.7 Å². The molecule has 0 aliphatic rings. The molecule has 0 amide bonds. The van der Waals surface area contributed by atoms with Gasteiger partial charge in [0.2, 0.25) is 0 Å². The van der Waals surface area contributed by atoms with Crippen molar-refractivity contribution in [2.75, 3.05) is 5.34 Å². The largest absolute Gasteiger partial charge is 3.00 e. The van der Waals surface area contributed by atoms with Gasteiger partial charge in [-0.3, -0.25) is 70.0 Å². The summed E-state index contributed by atoms with van der Waals surface area (Å²) >= 11 is 9.53. The molecule has 0 radical (unpaired) electrons. The van der Waals surface area contributed by atoms with Crippen molar-refractivity contribution < 1.29 is 179 Å². The normalized spacial score (nSPS) is 8.42. The van der Waals surface area contributed by atoms with Crippen molar-refractivity contribution in [2.24, 2.45) is 0 Å². The number of pyridine rings is 12. The summed E-state index contributed by atoms with van der Waals surface area (Å²) in [6.45, 7) is 19.0. The zero-order valence-electron chi connectivity index (χ0n) is 76.4. The van der Waals surface area contributed by atoms with Gasteiger partial charge >= 0.3 is 132 Å². The van der Waals surface area contributed by atoms with Gasteiger partial charge in [-0.2, -0.15) is 109 Å². The number of benzene rings is 8. The van der Waals surface area contributed by atoms with Crippen LogP contribution in [0.4, 0.5) is 35.1 Å².